The Bertz CT molecular complexity index is 868. The van der Waals surface area contributed by atoms with E-state index in [-0.39, 0.29) is 19.9 Å². The van der Waals surface area contributed by atoms with E-state index in [2.05, 4.69) is 10.6 Å². The molecule has 0 aromatic heterocycles. The molecule has 0 atom stereocenters. The van der Waals surface area contributed by atoms with Crippen LogP contribution in [0.2, 0.25) is 0 Å². The highest BCUT2D eigenvalue weighted by Gasteiger charge is 2.30. The lowest BCUT2D eigenvalue weighted by Gasteiger charge is -2.10. The van der Waals surface area contributed by atoms with E-state index in [1.165, 1.54) is 24.3 Å². The molecular weight excluding hydrogens is 365 g/mol. The molecule has 1 heterocycles. The van der Waals surface area contributed by atoms with Gasteiger partial charge in [-0.1, -0.05) is 12.1 Å². The Morgan fingerprint density at radius 1 is 1.00 bits per heavy atom. The predicted molar refractivity (Wildman–Crippen MR) is 88.2 cm³/mol. The van der Waals surface area contributed by atoms with Gasteiger partial charge >= 0.3 is 6.18 Å². The first-order valence-corrected chi connectivity index (χ1v) is 7.93. The van der Waals surface area contributed by atoms with Gasteiger partial charge in [0.15, 0.2) is 11.5 Å². The number of alkyl halides is 3. The van der Waals surface area contributed by atoms with Crippen molar-refractivity contribution in [2.75, 3.05) is 13.3 Å². The molecule has 0 radical (unpaired) electrons. The van der Waals surface area contributed by atoms with Crippen LogP contribution in [0.5, 0.6) is 11.5 Å². The topological polar surface area (TPSA) is 76.7 Å². The van der Waals surface area contributed by atoms with Gasteiger partial charge in [-0.3, -0.25) is 9.59 Å². The summed E-state index contributed by atoms with van der Waals surface area (Å²) in [4.78, 5) is 23.9. The monoisotopic (exact) mass is 380 g/mol. The number of rotatable bonds is 5. The van der Waals surface area contributed by atoms with Crippen molar-refractivity contribution in [3.8, 4) is 11.5 Å². The molecule has 0 fully saturated rings. The maximum atomic E-state index is 12.7. The van der Waals surface area contributed by atoms with E-state index in [0.717, 1.165) is 12.1 Å². The summed E-state index contributed by atoms with van der Waals surface area (Å²) in [6, 6.07) is 9.28. The quantitative estimate of drug-likeness (QED) is 0.836. The molecule has 1 aliphatic rings. The number of carbonyl (C=O) groups is 2. The van der Waals surface area contributed by atoms with Crippen LogP contribution in [0.4, 0.5) is 13.2 Å². The first-order valence-electron chi connectivity index (χ1n) is 7.93. The second-order valence-corrected chi connectivity index (χ2v) is 5.73. The molecule has 0 saturated carbocycles. The van der Waals surface area contributed by atoms with Crippen molar-refractivity contribution in [1.82, 2.24) is 10.6 Å². The number of hydrogen-bond acceptors (Lipinski definition) is 4. The van der Waals surface area contributed by atoms with E-state index >= 15 is 0 Å². The molecule has 3 rings (SSSR count). The van der Waals surface area contributed by atoms with Gasteiger partial charge in [-0.25, -0.2) is 0 Å². The van der Waals surface area contributed by atoms with Crippen LogP contribution in [0, 0.1) is 0 Å². The van der Waals surface area contributed by atoms with E-state index in [1.807, 2.05) is 0 Å². The van der Waals surface area contributed by atoms with Gasteiger partial charge < -0.3 is 20.1 Å². The second-order valence-electron chi connectivity index (χ2n) is 5.73. The summed E-state index contributed by atoms with van der Waals surface area (Å²) in [6.45, 7) is -0.312. The molecule has 0 bridgehead atoms. The van der Waals surface area contributed by atoms with Crippen molar-refractivity contribution in [2.45, 2.75) is 12.7 Å². The van der Waals surface area contributed by atoms with Crippen LogP contribution in [-0.4, -0.2) is 25.2 Å². The minimum absolute atomic E-state index is 0.0807. The molecule has 142 valence electrons. The van der Waals surface area contributed by atoms with E-state index in [0.29, 0.717) is 22.6 Å². The Labute approximate surface area is 152 Å². The third-order valence-corrected chi connectivity index (χ3v) is 3.79. The van der Waals surface area contributed by atoms with Crippen LogP contribution in [0.25, 0.3) is 0 Å². The largest absolute Gasteiger partial charge is 0.454 e. The van der Waals surface area contributed by atoms with E-state index in [1.54, 1.807) is 6.07 Å². The first kappa shape index (κ1) is 18.6. The summed E-state index contributed by atoms with van der Waals surface area (Å²) in [5, 5.41) is 4.89. The Hall–Kier alpha value is -3.23. The van der Waals surface area contributed by atoms with Crippen LogP contribution < -0.4 is 20.1 Å². The van der Waals surface area contributed by atoms with E-state index in [9.17, 15) is 22.8 Å². The van der Waals surface area contributed by atoms with Crippen molar-refractivity contribution < 1.29 is 32.2 Å². The molecule has 27 heavy (non-hydrogen) atoms. The molecule has 2 aromatic rings. The van der Waals surface area contributed by atoms with Gasteiger partial charge in [0, 0.05) is 12.1 Å². The van der Waals surface area contributed by atoms with E-state index in [4.69, 9.17) is 9.47 Å². The van der Waals surface area contributed by atoms with Gasteiger partial charge in [-0.15, -0.1) is 0 Å². The minimum atomic E-state index is -4.45. The van der Waals surface area contributed by atoms with Crippen LogP contribution in [0.1, 0.15) is 21.5 Å². The fraction of sp³-hybridized carbons (Fsp3) is 0.222. The standard InChI is InChI=1S/C18H15F3N2O4/c19-18(20,21)13-3-1-2-11(6-13)8-22-16(24)9-23-17(25)12-4-5-14-15(7-12)27-10-26-14/h1-7H,8-10H2,(H,22,24)(H,23,25). The van der Waals surface area contributed by atoms with Gasteiger partial charge in [-0.2, -0.15) is 13.2 Å². The molecule has 6 nitrogen and oxygen atoms in total. The SMILES string of the molecule is O=C(CNC(=O)c1ccc2c(c1)OCO2)NCc1cccc(C(F)(F)F)c1. The lowest BCUT2D eigenvalue weighted by Crippen LogP contribution is -2.36. The zero-order valence-corrected chi connectivity index (χ0v) is 13.9. The van der Waals surface area contributed by atoms with Crippen LogP contribution >= 0.6 is 0 Å². The Morgan fingerprint density at radius 2 is 1.78 bits per heavy atom. The number of ether oxygens (including phenoxy) is 2. The number of fused-ring (bicyclic) bond motifs is 1. The molecule has 2 amide bonds. The summed E-state index contributed by atoms with van der Waals surface area (Å²) in [6.07, 6.45) is -4.45. The summed E-state index contributed by atoms with van der Waals surface area (Å²) in [5.41, 5.74) is -0.185. The van der Waals surface area contributed by atoms with Gasteiger partial charge in [0.25, 0.3) is 5.91 Å². The lowest BCUT2D eigenvalue weighted by molar-refractivity contribution is -0.137. The summed E-state index contributed by atoms with van der Waals surface area (Å²) >= 11 is 0. The highest BCUT2D eigenvalue weighted by atomic mass is 19.4. The molecular formula is C18H15F3N2O4. The van der Waals surface area contributed by atoms with Gasteiger partial charge in [0.05, 0.1) is 12.1 Å². The van der Waals surface area contributed by atoms with Crippen molar-refractivity contribution in [1.29, 1.82) is 0 Å². The van der Waals surface area contributed by atoms with Crippen LogP contribution in [0.15, 0.2) is 42.5 Å². The van der Waals surface area contributed by atoms with Gasteiger partial charge in [-0.05, 0) is 35.9 Å². The zero-order valence-electron chi connectivity index (χ0n) is 13.9. The molecule has 2 N–H and O–H groups in total. The van der Waals surface area contributed by atoms with Crippen molar-refractivity contribution >= 4 is 11.8 Å². The minimum Gasteiger partial charge on any atom is -0.454 e. The smallest absolute Gasteiger partial charge is 0.416 e. The summed E-state index contributed by atoms with van der Waals surface area (Å²) in [7, 11) is 0. The van der Waals surface area contributed by atoms with E-state index < -0.39 is 23.6 Å². The number of amides is 2. The third-order valence-electron chi connectivity index (χ3n) is 3.79. The van der Waals surface area contributed by atoms with Crippen LogP contribution in [0.3, 0.4) is 0 Å². The number of nitrogens with one attached hydrogen (secondary N) is 2. The Kier molecular flexibility index (Phi) is 5.20. The number of benzene rings is 2. The van der Waals surface area contributed by atoms with Gasteiger partial charge in [0.2, 0.25) is 12.7 Å². The van der Waals surface area contributed by atoms with Crippen molar-refractivity contribution in [3.05, 3.63) is 59.2 Å². The Morgan fingerprint density at radius 3 is 2.56 bits per heavy atom. The first-order chi connectivity index (χ1) is 12.8. The second kappa shape index (κ2) is 7.56. The summed E-state index contributed by atoms with van der Waals surface area (Å²) in [5.74, 6) is -0.0361. The number of carbonyl (C=O) groups excluding carboxylic acids is 2. The fourth-order valence-corrected chi connectivity index (χ4v) is 2.42. The average molecular weight is 380 g/mol. The fourth-order valence-electron chi connectivity index (χ4n) is 2.42. The lowest BCUT2D eigenvalue weighted by atomic mass is 10.1. The van der Waals surface area contributed by atoms with Crippen molar-refractivity contribution in [3.63, 3.8) is 0 Å². The number of hydrogen-bond donors (Lipinski definition) is 2. The Balaban J connectivity index is 1.49. The van der Waals surface area contributed by atoms with Crippen LogP contribution in [-0.2, 0) is 17.5 Å². The maximum Gasteiger partial charge on any atom is 0.416 e. The molecule has 0 spiro atoms. The highest BCUT2D eigenvalue weighted by Crippen LogP contribution is 2.32. The molecule has 0 aliphatic carbocycles. The molecule has 9 heteroatoms. The van der Waals surface area contributed by atoms with Crippen molar-refractivity contribution in [2.24, 2.45) is 0 Å². The molecule has 1 aliphatic heterocycles. The highest BCUT2D eigenvalue weighted by molar-refractivity contribution is 5.97. The predicted octanol–water partition coefficient (Wildman–Crippen LogP) is 2.48. The molecule has 0 saturated heterocycles. The van der Waals surface area contributed by atoms with Gasteiger partial charge in [0.1, 0.15) is 0 Å². The average Bonchev–Trinajstić information content (AvgIpc) is 3.11. The third kappa shape index (κ3) is 4.69. The normalized spacial score (nSPS) is 12.6. The molecule has 0 unspecified atom stereocenters. The maximum absolute atomic E-state index is 12.7. The zero-order chi connectivity index (χ0) is 19.4. The molecule has 2 aromatic carbocycles. The summed E-state index contributed by atoms with van der Waals surface area (Å²) < 4.78 is 48.3. The number of halogens is 3.